The van der Waals surface area contributed by atoms with Crippen molar-refractivity contribution < 1.29 is 19.1 Å². The molecule has 174 valence electrons. The lowest BCUT2D eigenvalue weighted by Crippen LogP contribution is -2.27. The largest absolute Gasteiger partial charge is 0.490 e. The molecule has 3 aromatic carbocycles. The molecule has 0 bridgehead atoms. The number of halogens is 1. The maximum Gasteiger partial charge on any atom is 0.293 e. The summed E-state index contributed by atoms with van der Waals surface area (Å²) in [4.78, 5) is 27.1. The molecule has 0 saturated carbocycles. The molecule has 3 aromatic rings. The van der Waals surface area contributed by atoms with Gasteiger partial charge in [0, 0.05) is 5.02 Å². The van der Waals surface area contributed by atoms with Crippen LogP contribution in [-0.4, -0.2) is 22.7 Å². The molecule has 1 aliphatic heterocycles. The highest BCUT2D eigenvalue weighted by Gasteiger charge is 2.35. The first-order valence-corrected chi connectivity index (χ1v) is 12.1. The maximum absolute atomic E-state index is 12.9. The molecule has 1 saturated heterocycles. The molecular weight excluding hydrogens is 470 g/mol. The van der Waals surface area contributed by atoms with Crippen LogP contribution in [0.2, 0.25) is 5.02 Å². The van der Waals surface area contributed by atoms with Gasteiger partial charge in [0.05, 0.1) is 18.1 Å². The van der Waals surface area contributed by atoms with E-state index in [9.17, 15) is 9.59 Å². The van der Waals surface area contributed by atoms with Gasteiger partial charge >= 0.3 is 0 Å². The topological polar surface area (TPSA) is 55.8 Å². The van der Waals surface area contributed by atoms with Gasteiger partial charge in [-0.3, -0.25) is 14.5 Å². The summed E-state index contributed by atoms with van der Waals surface area (Å²) in [6.45, 7) is 4.98. The van der Waals surface area contributed by atoms with Crippen LogP contribution >= 0.6 is 23.4 Å². The Morgan fingerprint density at radius 2 is 1.62 bits per heavy atom. The Labute approximate surface area is 208 Å². The smallest absolute Gasteiger partial charge is 0.293 e. The molecule has 34 heavy (non-hydrogen) atoms. The third kappa shape index (κ3) is 5.82. The number of nitrogens with zero attached hydrogens (tertiary/aromatic N) is 1. The summed E-state index contributed by atoms with van der Waals surface area (Å²) >= 11 is 6.89. The van der Waals surface area contributed by atoms with Crippen LogP contribution in [0.25, 0.3) is 6.08 Å². The van der Waals surface area contributed by atoms with Gasteiger partial charge in [0.25, 0.3) is 11.1 Å². The highest BCUT2D eigenvalue weighted by atomic mass is 35.5. The third-order valence-corrected chi connectivity index (χ3v) is 6.37. The first-order chi connectivity index (χ1) is 16.4. The normalized spacial score (nSPS) is 14.7. The Morgan fingerprint density at radius 1 is 0.912 bits per heavy atom. The zero-order valence-electron chi connectivity index (χ0n) is 18.9. The number of rotatable bonds is 8. The minimum Gasteiger partial charge on any atom is -0.490 e. The Morgan fingerprint density at radius 3 is 2.32 bits per heavy atom. The van der Waals surface area contributed by atoms with Crippen molar-refractivity contribution in [2.75, 3.05) is 6.61 Å². The maximum atomic E-state index is 12.9. The van der Waals surface area contributed by atoms with Crippen LogP contribution in [0.4, 0.5) is 4.79 Å². The zero-order chi connectivity index (χ0) is 24.1. The lowest BCUT2D eigenvalue weighted by atomic mass is 10.1. The van der Waals surface area contributed by atoms with Crippen molar-refractivity contribution in [1.82, 2.24) is 4.90 Å². The number of thioether (sulfide) groups is 1. The number of aryl methyl sites for hydroxylation is 1. The first kappa shape index (κ1) is 23.9. The summed E-state index contributed by atoms with van der Waals surface area (Å²) in [5, 5.41) is 0.399. The standard InChI is InChI=1S/C27H24ClNO4S/c1-3-32-24-14-21(10-13-23(24)33-17-20-8-11-22(28)12-9-20)15-25-26(30)29(27(31)34-25)16-19-6-4-18(2)5-7-19/h4-15H,3,16-17H2,1-2H3/b25-15-. The fourth-order valence-corrected chi connectivity index (χ4v) is 4.37. The average Bonchev–Trinajstić information content (AvgIpc) is 3.08. The quantitative estimate of drug-likeness (QED) is 0.321. The van der Waals surface area contributed by atoms with E-state index in [2.05, 4.69) is 0 Å². The molecule has 0 aromatic heterocycles. The van der Waals surface area contributed by atoms with Crippen LogP contribution in [0, 0.1) is 6.92 Å². The lowest BCUT2D eigenvalue weighted by molar-refractivity contribution is -0.123. The van der Waals surface area contributed by atoms with Crippen molar-refractivity contribution in [1.29, 1.82) is 0 Å². The predicted octanol–water partition coefficient (Wildman–Crippen LogP) is 6.86. The Bertz CT molecular complexity index is 1220. The number of hydrogen-bond donors (Lipinski definition) is 0. The lowest BCUT2D eigenvalue weighted by Gasteiger charge is -2.13. The van der Waals surface area contributed by atoms with E-state index in [1.54, 1.807) is 6.08 Å². The highest BCUT2D eigenvalue weighted by molar-refractivity contribution is 8.18. The number of imide groups is 1. The molecule has 0 unspecified atom stereocenters. The predicted molar refractivity (Wildman–Crippen MR) is 136 cm³/mol. The van der Waals surface area contributed by atoms with Crippen molar-refractivity contribution >= 4 is 40.6 Å². The Kier molecular flexibility index (Phi) is 7.60. The van der Waals surface area contributed by atoms with Gasteiger partial charge in [-0.05, 0) is 72.6 Å². The summed E-state index contributed by atoms with van der Waals surface area (Å²) in [5.74, 6) is 0.877. The fourth-order valence-electron chi connectivity index (χ4n) is 3.41. The molecule has 1 heterocycles. The molecule has 5 nitrogen and oxygen atoms in total. The van der Waals surface area contributed by atoms with Gasteiger partial charge in [-0.15, -0.1) is 0 Å². The van der Waals surface area contributed by atoms with E-state index >= 15 is 0 Å². The van der Waals surface area contributed by atoms with Crippen LogP contribution in [0.5, 0.6) is 11.5 Å². The molecule has 0 spiro atoms. The van der Waals surface area contributed by atoms with E-state index < -0.39 is 0 Å². The summed E-state index contributed by atoms with van der Waals surface area (Å²) in [7, 11) is 0. The van der Waals surface area contributed by atoms with Crippen LogP contribution in [-0.2, 0) is 17.9 Å². The minimum atomic E-state index is -0.295. The van der Waals surface area contributed by atoms with Crippen LogP contribution in [0.15, 0.2) is 71.6 Å². The number of ether oxygens (including phenoxy) is 2. The molecule has 0 aliphatic carbocycles. The van der Waals surface area contributed by atoms with Gasteiger partial charge in [-0.25, -0.2) is 0 Å². The molecule has 1 aliphatic rings. The molecule has 2 amide bonds. The van der Waals surface area contributed by atoms with E-state index in [1.807, 2.05) is 80.6 Å². The number of carbonyl (C=O) groups excluding carboxylic acids is 2. The average molecular weight is 494 g/mol. The van der Waals surface area contributed by atoms with E-state index in [0.29, 0.717) is 34.6 Å². The second kappa shape index (κ2) is 10.8. The van der Waals surface area contributed by atoms with Crippen molar-refractivity contribution in [3.8, 4) is 11.5 Å². The molecular formula is C27H24ClNO4S. The Balaban J connectivity index is 1.49. The zero-order valence-corrected chi connectivity index (χ0v) is 20.5. The van der Waals surface area contributed by atoms with Crippen molar-refractivity contribution in [3.63, 3.8) is 0 Å². The van der Waals surface area contributed by atoms with Crippen molar-refractivity contribution in [2.24, 2.45) is 0 Å². The SMILES string of the molecule is CCOc1cc(/C=C2\SC(=O)N(Cc3ccc(C)cc3)C2=O)ccc1OCc1ccc(Cl)cc1. The number of hydrogen-bond acceptors (Lipinski definition) is 5. The van der Waals surface area contributed by atoms with Gasteiger partial charge in [-0.1, -0.05) is 59.6 Å². The molecule has 0 N–H and O–H groups in total. The van der Waals surface area contributed by atoms with Crippen LogP contribution in [0.1, 0.15) is 29.2 Å². The first-order valence-electron chi connectivity index (χ1n) is 10.9. The molecule has 4 rings (SSSR count). The molecule has 0 radical (unpaired) electrons. The molecule has 7 heteroatoms. The highest BCUT2D eigenvalue weighted by Crippen LogP contribution is 2.35. The number of amides is 2. The number of carbonyl (C=O) groups is 2. The summed E-state index contributed by atoms with van der Waals surface area (Å²) < 4.78 is 11.7. The Hall–Kier alpha value is -3.22. The molecule has 0 atom stereocenters. The summed E-state index contributed by atoms with van der Waals surface area (Å²) in [6, 6.07) is 20.7. The number of benzene rings is 3. The summed E-state index contributed by atoms with van der Waals surface area (Å²) in [6.07, 6.45) is 1.71. The van der Waals surface area contributed by atoms with Crippen molar-refractivity contribution in [3.05, 3.63) is 98.9 Å². The van der Waals surface area contributed by atoms with E-state index in [1.165, 1.54) is 4.90 Å². The molecule has 1 fully saturated rings. The van der Waals surface area contributed by atoms with Gasteiger partial charge < -0.3 is 9.47 Å². The summed E-state index contributed by atoms with van der Waals surface area (Å²) in [5.41, 5.74) is 3.78. The fraction of sp³-hybridized carbons (Fsp3) is 0.185. The van der Waals surface area contributed by atoms with E-state index in [-0.39, 0.29) is 17.7 Å². The van der Waals surface area contributed by atoms with Gasteiger partial charge in [-0.2, -0.15) is 0 Å². The second-order valence-corrected chi connectivity index (χ2v) is 9.24. The van der Waals surface area contributed by atoms with Crippen LogP contribution < -0.4 is 9.47 Å². The van der Waals surface area contributed by atoms with Crippen molar-refractivity contribution in [2.45, 2.75) is 27.0 Å². The van der Waals surface area contributed by atoms with E-state index in [0.717, 1.165) is 34.0 Å². The van der Waals surface area contributed by atoms with Gasteiger partial charge in [0.1, 0.15) is 6.61 Å². The van der Waals surface area contributed by atoms with Gasteiger partial charge in [0.2, 0.25) is 0 Å². The monoisotopic (exact) mass is 493 g/mol. The second-order valence-electron chi connectivity index (χ2n) is 7.81. The van der Waals surface area contributed by atoms with E-state index in [4.69, 9.17) is 21.1 Å². The van der Waals surface area contributed by atoms with Crippen LogP contribution in [0.3, 0.4) is 0 Å². The minimum absolute atomic E-state index is 0.254. The van der Waals surface area contributed by atoms with Gasteiger partial charge in [0.15, 0.2) is 11.5 Å². The third-order valence-electron chi connectivity index (χ3n) is 5.21.